The number of hydrogen-bond acceptors (Lipinski definition) is 3. The van der Waals surface area contributed by atoms with Crippen LogP contribution in [0, 0.1) is 0 Å². The van der Waals surface area contributed by atoms with Gasteiger partial charge in [0.1, 0.15) is 0 Å². The number of aliphatic hydroxyl groups excluding tert-OH is 2. The minimum absolute atomic E-state index is 0.200. The molecule has 88 valence electrons. The predicted molar refractivity (Wildman–Crippen MR) is 66.1 cm³/mol. The lowest BCUT2D eigenvalue weighted by Gasteiger charge is -2.08. The maximum absolute atomic E-state index is 9.13. The van der Waals surface area contributed by atoms with E-state index in [0.29, 0.717) is 13.1 Å². The van der Waals surface area contributed by atoms with Gasteiger partial charge in [0.05, 0.1) is 12.7 Å². The maximum atomic E-state index is 9.13. The lowest BCUT2D eigenvalue weighted by molar-refractivity contribution is 0.0952. The highest BCUT2D eigenvalue weighted by Gasteiger charge is 1.99. The number of benzene rings is 1. The van der Waals surface area contributed by atoms with E-state index in [1.807, 2.05) is 37.3 Å². The Labute approximate surface area is 96.4 Å². The van der Waals surface area contributed by atoms with Crippen LogP contribution in [-0.4, -0.2) is 36.0 Å². The minimum atomic E-state index is -0.676. The molecule has 16 heavy (non-hydrogen) atoms. The van der Waals surface area contributed by atoms with Gasteiger partial charge >= 0.3 is 0 Å². The van der Waals surface area contributed by atoms with E-state index in [1.165, 1.54) is 11.1 Å². The SMILES string of the molecule is C/C(=C\c1ccccc1)CNC[C@H](O)CO. The summed E-state index contributed by atoms with van der Waals surface area (Å²) in [5.74, 6) is 0. The first-order chi connectivity index (χ1) is 7.72. The average Bonchev–Trinajstić information content (AvgIpc) is 2.30. The van der Waals surface area contributed by atoms with Gasteiger partial charge in [-0.25, -0.2) is 0 Å². The van der Waals surface area contributed by atoms with Gasteiger partial charge in [-0.1, -0.05) is 42.0 Å². The van der Waals surface area contributed by atoms with Crippen LogP contribution in [0.4, 0.5) is 0 Å². The summed E-state index contributed by atoms with van der Waals surface area (Å²) in [6, 6.07) is 10.1. The summed E-state index contributed by atoms with van der Waals surface area (Å²) in [5, 5.41) is 20.8. The molecule has 0 aliphatic heterocycles. The highest BCUT2D eigenvalue weighted by atomic mass is 16.3. The second kappa shape index (κ2) is 7.17. The highest BCUT2D eigenvalue weighted by molar-refractivity contribution is 5.52. The Hall–Kier alpha value is -1.16. The predicted octanol–water partition coefficient (Wildman–Crippen LogP) is 1.03. The van der Waals surface area contributed by atoms with Gasteiger partial charge in [-0.3, -0.25) is 0 Å². The Kier molecular flexibility index (Phi) is 5.78. The van der Waals surface area contributed by atoms with E-state index in [9.17, 15) is 0 Å². The van der Waals surface area contributed by atoms with Crippen molar-refractivity contribution in [1.29, 1.82) is 0 Å². The Balaban J connectivity index is 2.35. The van der Waals surface area contributed by atoms with E-state index in [1.54, 1.807) is 0 Å². The summed E-state index contributed by atoms with van der Waals surface area (Å²) in [6.45, 7) is 2.96. The number of aliphatic hydroxyl groups is 2. The molecule has 1 rings (SSSR count). The smallest absolute Gasteiger partial charge is 0.0895 e. The molecule has 3 N–H and O–H groups in total. The Morgan fingerprint density at radius 2 is 2.06 bits per heavy atom. The van der Waals surface area contributed by atoms with Crippen LogP contribution >= 0.6 is 0 Å². The third-order valence-corrected chi connectivity index (χ3v) is 2.21. The molecule has 0 unspecified atom stereocenters. The molecule has 0 aliphatic rings. The molecule has 3 heteroatoms. The molecule has 0 spiro atoms. The first-order valence-electron chi connectivity index (χ1n) is 5.44. The van der Waals surface area contributed by atoms with Crippen molar-refractivity contribution < 1.29 is 10.2 Å². The summed E-state index contributed by atoms with van der Waals surface area (Å²) < 4.78 is 0. The molecule has 0 saturated carbocycles. The van der Waals surface area contributed by atoms with Crippen LogP contribution in [0.2, 0.25) is 0 Å². The van der Waals surface area contributed by atoms with Crippen LogP contribution < -0.4 is 5.32 Å². The van der Waals surface area contributed by atoms with E-state index in [0.717, 1.165) is 0 Å². The van der Waals surface area contributed by atoms with Crippen LogP contribution in [0.5, 0.6) is 0 Å². The summed E-state index contributed by atoms with van der Waals surface area (Å²) in [6.07, 6.45) is 1.42. The Bertz CT molecular complexity index is 322. The normalized spacial score (nSPS) is 13.8. The van der Waals surface area contributed by atoms with Crippen LogP contribution in [-0.2, 0) is 0 Å². The van der Waals surface area contributed by atoms with Crippen molar-refractivity contribution in [2.75, 3.05) is 19.7 Å². The monoisotopic (exact) mass is 221 g/mol. The molecule has 0 fully saturated rings. The molecule has 1 aromatic rings. The number of nitrogens with one attached hydrogen (secondary N) is 1. The number of rotatable bonds is 6. The van der Waals surface area contributed by atoms with Gasteiger partial charge < -0.3 is 15.5 Å². The average molecular weight is 221 g/mol. The van der Waals surface area contributed by atoms with E-state index < -0.39 is 6.10 Å². The molecule has 1 aromatic carbocycles. The first-order valence-corrected chi connectivity index (χ1v) is 5.44. The fourth-order valence-electron chi connectivity index (χ4n) is 1.39. The van der Waals surface area contributed by atoms with Gasteiger partial charge in [0.2, 0.25) is 0 Å². The van der Waals surface area contributed by atoms with Crippen molar-refractivity contribution in [3.8, 4) is 0 Å². The standard InChI is InChI=1S/C13H19NO2/c1-11(8-14-9-13(16)10-15)7-12-5-3-2-4-6-12/h2-7,13-16H,8-10H2,1H3/b11-7+/t13-/m0/s1. The van der Waals surface area contributed by atoms with Crippen LogP contribution in [0.3, 0.4) is 0 Å². The Morgan fingerprint density at radius 3 is 2.69 bits per heavy atom. The maximum Gasteiger partial charge on any atom is 0.0895 e. The van der Waals surface area contributed by atoms with Crippen molar-refractivity contribution in [2.45, 2.75) is 13.0 Å². The lowest BCUT2D eigenvalue weighted by Crippen LogP contribution is -2.30. The van der Waals surface area contributed by atoms with Crippen molar-refractivity contribution in [3.63, 3.8) is 0 Å². The summed E-state index contributed by atoms with van der Waals surface area (Å²) in [7, 11) is 0. The van der Waals surface area contributed by atoms with Crippen LogP contribution in [0.1, 0.15) is 12.5 Å². The van der Waals surface area contributed by atoms with E-state index in [-0.39, 0.29) is 6.61 Å². The third kappa shape index (κ3) is 5.07. The minimum Gasteiger partial charge on any atom is -0.394 e. The second-order valence-corrected chi connectivity index (χ2v) is 3.87. The lowest BCUT2D eigenvalue weighted by atomic mass is 10.1. The summed E-state index contributed by atoms with van der Waals surface area (Å²) in [5.41, 5.74) is 2.36. The zero-order valence-corrected chi connectivity index (χ0v) is 9.56. The quantitative estimate of drug-likeness (QED) is 0.672. The molecule has 0 bridgehead atoms. The fraction of sp³-hybridized carbons (Fsp3) is 0.385. The van der Waals surface area contributed by atoms with E-state index in [4.69, 9.17) is 10.2 Å². The van der Waals surface area contributed by atoms with Gasteiger partial charge in [-0.05, 0) is 12.5 Å². The number of hydrogen-bond donors (Lipinski definition) is 3. The largest absolute Gasteiger partial charge is 0.394 e. The van der Waals surface area contributed by atoms with Crippen molar-refractivity contribution in [2.24, 2.45) is 0 Å². The van der Waals surface area contributed by atoms with Gasteiger partial charge in [0.25, 0.3) is 0 Å². The summed E-state index contributed by atoms with van der Waals surface area (Å²) in [4.78, 5) is 0. The van der Waals surface area contributed by atoms with Crippen molar-refractivity contribution in [1.82, 2.24) is 5.32 Å². The summed E-state index contributed by atoms with van der Waals surface area (Å²) >= 11 is 0. The van der Waals surface area contributed by atoms with E-state index >= 15 is 0 Å². The van der Waals surface area contributed by atoms with Gasteiger partial charge in [-0.2, -0.15) is 0 Å². The highest BCUT2D eigenvalue weighted by Crippen LogP contribution is 2.04. The molecule has 0 amide bonds. The fourth-order valence-corrected chi connectivity index (χ4v) is 1.39. The van der Waals surface area contributed by atoms with Crippen molar-refractivity contribution in [3.05, 3.63) is 41.5 Å². The molecule has 0 radical (unpaired) electrons. The zero-order valence-electron chi connectivity index (χ0n) is 9.56. The second-order valence-electron chi connectivity index (χ2n) is 3.87. The topological polar surface area (TPSA) is 52.5 Å². The van der Waals surface area contributed by atoms with Crippen LogP contribution in [0.15, 0.2) is 35.9 Å². The molecule has 0 heterocycles. The molecular formula is C13H19NO2. The third-order valence-electron chi connectivity index (χ3n) is 2.21. The zero-order chi connectivity index (χ0) is 11.8. The molecule has 3 nitrogen and oxygen atoms in total. The first kappa shape index (κ1) is 12.9. The van der Waals surface area contributed by atoms with Gasteiger partial charge in [0, 0.05) is 13.1 Å². The molecular weight excluding hydrogens is 202 g/mol. The molecule has 0 aliphatic carbocycles. The molecule has 0 aromatic heterocycles. The van der Waals surface area contributed by atoms with Crippen LogP contribution in [0.25, 0.3) is 6.08 Å². The van der Waals surface area contributed by atoms with Gasteiger partial charge in [-0.15, -0.1) is 0 Å². The van der Waals surface area contributed by atoms with E-state index in [2.05, 4.69) is 11.4 Å². The molecule has 1 atom stereocenters. The Morgan fingerprint density at radius 1 is 1.38 bits per heavy atom. The molecule has 0 saturated heterocycles. The van der Waals surface area contributed by atoms with Gasteiger partial charge in [0.15, 0.2) is 0 Å². The van der Waals surface area contributed by atoms with Crippen molar-refractivity contribution >= 4 is 6.08 Å².